The summed E-state index contributed by atoms with van der Waals surface area (Å²) in [5.74, 6) is 0. The van der Waals surface area contributed by atoms with Crippen LogP contribution in [0.4, 0.5) is 10.8 Å². The number of nitrogens with zero attached hydrogens (tertiary/aromatic N) is 3. The van der Waals surface area contributed by atoms with Gasteiger partial charge in [0.1, 0.15) is 5.69 Å². The number of azo groups is 1. The quantitative estimate of drug-likeness (QED) is 0.525. The second-order valence-electron chi connectivity index (χ2n) is 3.86. The van der Waals surface area contributed by atoms with Crippen LogP contribution in [0.3, 0.4) is 0 Å². The molecule has 0 unspecified atom stereocenters. The van der Waals surface area contributed by atoms with Gasteiger partial charge in [0.05, 0.1) is 0 Å². The van der Waals surface area contributed by atoms with Crippen LogP contribution in [0.15, 0.2) is 58.2 Å². The van der Waals surface area contributed by atoms with E-state index in [1.807, 2.05) is 35.7 Å². The number of carbonyl (C=O) groups is 1. The van der Waals surface area contributed by atoms with Gasteiger partial charge in [-0.2, -0.15) is 0 Å². The molecule has 0 saturated heterocycles. The standard InChI is InChI=1S/C14H9N3OS.Co/c18-9-11-6-5-10-3-1-2-4-12(10)13(11)16-17-14-15-7-8-19-14;/h1-9H;. The van der Waals surface area contributed by atoms with Crippen LogP contribution in [-0.4, -0.2) is 11.3 Å². The summed E-state index contributed by atoms with van der Waals surface area (Å²) in [5, 5.41) is 12.6. The average Bonchev–Trinajstić information content (AvgIpc) is 2.97. The summed E-state index contributed by atoms with van der Waals surface area (Å²) in [6.45, 7) is 0. The molecule has 3 aromatic rings. The Kier molecular flexibility index (Phi) is 4.73. The molecule has 6 heteroatoms. The third-order valence-electron chi connectivity index (χ3n) is 2.71. The molecule has 0 amide bonds. The van der Waals surface area contributed by atoms with Crippen LogP contribution >= 0.6 is 11.3 Å². The van der Waals surface area contributed by atoms with Crippen molar-refractivity contribution in [3.8, 4) is 0 Å². The van der Waals surface area contributed by atoms with Crippen molar-refractivity contribution >= 4 is 39.2 Å². The van der Waals surface area contributed by atoms with Gasteiger partial charge in [-0.1, -0.05) is 30.3 Å². The Hall–Kier alpha value is -1.89. The first-order valence-corrected chi connectivity index (χ1v) is 6.54. The van der Waals surface area contributed by atoms with E-state index in [-0.39, 0.29) is 16.8 Å². The van der Waals surface area contributed by atoms with E-state index in [4.69, 9.17) is 0 Å². The minimum atomic E-state index is 0. The van der Waals surface area contributed by atoms with E-state index in [1.165, 1.54) is 11.3 Å². The fourth-order valence-electron chi connectivity index (χ4n) is 1.84. The van der Waals surface area contributed by atoms with E-state index in [0.29, 0.717) is 16.4 Å². The van der Waals surface area contributed by atoms with E-state index in [2.05, 4.69) is 15.2 Å². The predicted molar refractivity (Wildman–Crippen MR) is 75.6 cm³/mol. The van der Waals surface area contributed by atoms with Gasteiger partial charge in [-0.15, -0.1) is 21.6 Å². The summed E-state index contributed by atoms with van der Waals surface area (Å²) in [4.78, 5) is 15.2. The number of aldehydes is 1. The Bertz CT molecular complexity index is 756. The second-order valence-corrected chi connectivity index (χ2v) is 4.73. The molecule has 0 aliphatic carbocycles. The van der Waals surface area contributed by atoms with Gasteiger partial charge in [0, 0.05) is 39.3 Å². The molecule has 0 N–H and O–H groups in total. The first-order chi connectivity index (χ1) is 9.38. The van der Waals surface area contributed by atoms with E-state index in [9.17, 15) is 4.79 Å². The molecule has 1 radical (unpaired) electrons. The fourth-order valence-corrected chi connectivity index (χ4v) is 2.29. The van der Waals surface area contributed by atoms with Crippen LogP contribution in [-0.2, 0) is 16.8 Å². The Balaban J connectivity index is 0.00000147. The topological polar surface area (TPSA) is 54.7 Å². The van der Waals surface area contributed by atoms with Gasteiger partial charge in [0.2, 0.25) is 5.13 Å². The van der Waals surface area contributed by atoms with Gasteiger partial charge >= 0.3 is 0 Å². The summed E-state index contributed by atoms with van der Waals surface area (Å²) < 4.78 is 0. The monoisotopic (exact) mass is 326 g/mol. The molecule has 1 aromatic heterocycles. The minimum Gasteiger partial charge on any atom is -0.298 e. The molecule has 0 aliphatic rings. The molecule has 0 fully saturated rings. The summed E-state index contributed by atoms with van der Waals surface area (Å²) in [5.41, 5.74) is 1.11. The average molecular weight is 326 g/mol. The van der Waals surface area contributed by atoms with Crippen molar-refractivity contribution in [2.24, 2.45) is 10.2 Å². The Labute approximate surface area is 129 Å². The maximum Gasteiger partial charge on any atom is 0.229 e. The first kappa shape index (κ1) is 14.5. The number of fused-ring (bicyclic) bond motifs is 1. The Morgan fingerprint density at radius 1 is 1.10 bits per heavy atom. The van der Waals surface area contributed by atoms with Gasteiger partial charge in [0.25, 0.3) is 0 Å². The zero-order chi connectivity index (χ0) is 13.1. The van der Waals surface area contributed by atoms with Crippen molar-refractivity contribution in [1.29, 1.82) is 0 Å². The summed E-state index contributed by atoms with van der Waals surface area (Å²) >= 11 is 1.40. The molecule has 1 heterocycles. The minimum absolute atomic E-state index is 0. The molecule has 0 spiro atoms. The SMILES string of the molecule is O=Cc1ccc2ccccc2c1N=Nc1nccs1.[Co]. The Morgan fingerprint density at radius 3 is 2.70 bits per heavy atom. The van der Waals surface area contributed by atoms with Crippen LogP contribution in [0.2, 0.25) is 0 Å². The molecule has 20 heavy (non-hydrogen) atoms. The second kappa shape index (κ2) is 6.51. The zero-order valence-electron chi connectivity index (χ0n) is 10.2. The van der Waals surface area contributed by atoms with Gasteiger partial charge in [-0.25, -0.2) is 4.98 Å². The van der Waals surface area contributed by atoms with E-state index >= 15 is 0 Å². The van der Waals surface area contributed by atoms with Crippen molar-refractivity contribution in [2.45, 2.75) is 0 Å². The van der Waals surface area contributed by atoms with Crippen LogP contribution in [0.5, 0.6) is 0 Å². The molecule has 0 aliphatic heterocycles. The molecule has 2 aromatic carbocycles. The molecule has 3 rings (SSSR count). The fraction of sp³-hybridized carbons (Fsp3) is 0. The molecular formula is C14H9CoN3OS. The maximum atomic E-state index is 11.1. The molecule has 0 bridgehead atoms. The van der Waals surface area contributed by atoms with E-state index in [1.54, 1.807) is 12.3 Å². The molecule has 0 saturated carbocycles. The Morgan fingerprint density at radius 2 is 1.95 bits per heavy atom. The van der Waals surface area contributed by atoms with Crippen LogP contribution < -0.4 is 0 Å². The normalized spacial score (nSPS) is 10.6. The van der Waals surface area contributed by atoms with Crippen LogP contribution in [0.1, 0.15) is 10.4 Å². The summed E-state index contributed by atoms with van der Waals surface area (Å²) in [7, 11) is 0. The summed E-state index contributed by atoms with van der Waals surface area (Å²) in [6.07, 6.45) is 2.46. The maximum absolute atomic E-state index is 11.1. The van der Waals surface area contributed by atoms with Crippen molar-refractivity contribution < 1.29 is 21.6 Å². The number of thiazole rings is 1. The number of aromatic nitrogens is 1. The van der Waals surface area contributed by atoms with E-state index in [0.717, 1.165) is 17.1 Å². The number of carbonyl (C=O) groups excluding carboxylic acids is 1. The van der Waals surface area contributed by atoms with Gasteiger partial charge in [0.15, 0.2) is 6.29 Å². The number of hydrogen-bond donors (Lipinski definition) is 0. The first-order valence-electron chi connectivity index (χ1n) is 5.66. The largest absolute Gasteiger partial charge is 0.298 e. The number of rotatable bonds is 3. The zero-order valence-corrected chi connectivity index (χ0v) is 12.0. The van der Waals surface area contributed by atoms with Crippen LogP contribution in [0.25, 0.3) is 10.8 Å². The third kappa shape index (κ3) is 2.82. The van der Waals surface area contributed by atoms with Gasteiger partial charge in [-0.3, -0.25) is 4.79 Å². The van der Waals surface area contributed by atoms with Crippen molar-refractivity contribution in [2.75, 3.05) is 0 Å². The molecule has 0 atom stereocenters. The van der Waals surface area contributed by atoms with Gasteiger partial charge < -0.3 is 0 Å². The third-order valence-corrected chi connectivity index (χ3v) is 3.37. The smallest absolute Gasteiger partial charge is 0.229 e. The summed E-state index contributed by atoms with van der Waals surface area (Å²) in [6, 6.07) is 11.4. The van der Waals surface area contributed by atoms with Crippen LogP contribution in [0, 0.1) is 0 Å². The predicted octanol–water partition coefficient (Wildman–Crippen LogP) is 4.52. The molecule has 4 nitrogen and oxygen atoms in total. The number of hydrogen-bond acceptors (Lipinski definition) is 5. The number of benzene rings is 2. The van der Waals surface area contributed by atoms with Crippen molar-refractivity contribution in [3.63, 3.8) is 0 Å². The van der Waals surface area contributed by atoms with Gasteiger partial charge in [-0.05, 0) is 11.5 Å². The molecular weight excluding hydrogens is 317 g/mol. The molecule has 101 valence electrons. The van der Waals surface area contributed by atoms with Crippen molar-refractivity contribution in [3.05, 3.63) is 53.5 Å². The van der Waals surface area contributed by atoms with E-state index < -0.39 is 0 Å². The van der Waals surface area contributed by atoms with Crippen molar-refractivity contribution in [1.82, 2.24) is 4.98 Å².